The monoisotopic (exact) mass is 270 g/mol. The quantitative estimate of drug-likeness (QED) is 0.863. The van der Waals surface area contributed by atoms with Crippen LogP contribution in [0.3, 0.4) is 0 Å². The van der Waals surface area contributed by atoms with Crippen LogP contribution >= 0.6 is 11.6 Å². The number of rotatable bonds is 5. The van der Waals surface area contributed by atoms with Gasteiger partial charge in [-0.05, 0) is 32.0 Å². The minimum atomic E-state index is -0.133. The Morgan fingerprint density at radius 1 is 1.50 bits per heavy atom. The molecule has 1 rings (SSSR count). The average Bonchev–Trinajstić information content (AvgIpc) is 2.34. The smallest absolute Gasteiger partial charge is 0.256 e. The van der Waals surface area contributed by atoms with Crippen molar-refractivity contribution in [3.8, 4) is 0 Å². The fourth-order valence-electron chi connectivity index (χ4n) is 1.77. The van der Waals surface area contributed by atoms with Gasteiger partial charge in [-0.15, -0.1) is 0 Å². The maximum atomic E-state index is 12.4. The lowest BCUT2D eigenvalue weighted by atomic mass is 10.1. The second kappa shape index (κ2) is 6.61. The Balaban J connectivity index is 3.11. The summed E-state index contributed by atoms with van der Waals surface area (Å²) in [6, 6.07) is 5.17. The van der Waals surface area contributed by atoms with E-state index in [1.165, 1.54) is 0 Å². The fraction of sp³-hybridized carbons (Fsp3) is 0.462. The van der Waals surface area contributed by atoms with Crippen LogP contribution in [0.2, 0.25) is 5.02 Å². The number of carbonyl (C=O) groups excluding carboxylic acids is 1. The normalized spacial score (nSPS) is 10.6. The molecule has 0 fully saturated rings. The number of amides is 1. The molecule has 0 aliphatic heterocycles. The predicted molar refractivity (Wildman–Crippen MR) is 74.3 cm³/mol. The predicted octanol–water partition coefficient (Wildman–Crippen LogP) is 2.22. The summed E-state index contributed by atoms with van der Waals surface area (Å²) in [5.74, 6) is -0.133. The van der Waals surface area contributed by atoms with Crippen LogP contribution in [0.4, 0.5) is 5.69 Å². The molecule has 0 atom stereocenters. The van der Waals surface area contributed by atoms with Gasteiger partial charge in [0.25, 0.3) is 5.91 Å². The number of benzene rings is 1. The Bertz CT molecular complexity index is 421. The van der Waals surface area contributed by atoms with Crippen molar-refractivity contribution in [2.75, 3.05) is 25.5 Å². The minimum Gasteiger partial charge on any atom is -0.395 e. The van der Waals surface area contributed by atoms with Crippen molar-refractivity contribution in [3.63, 3.8) is 0 Å². The summed E-state index contributed by atoms with van der Waals surface area (Å²) in [5.41, 5.74) is 1.25. The zero-order valence-corrected chi connectivity index (χ0v) is 11.7. The van der Waals surface area contributed by atoms with Gasteiger partial charge >= 0.3 is 0 Å². The summed E-state index contributed by atoms with van der Waals surface area (Å²) in [6.07, 6.45) is 0. The van der Waals surface area contributed by atoms with E-state index in [-0.39, 0.29) is 18.6 Å². The van der Waals surface area contributed by atoms with Gasteiger partial charge in [-0.1, -0.05) is 11.6 Å². The molecule has 0 aliphatic rings. The molecule has 100 valence electrons. The summed E-state index contributed by atoms with van der Waals surface area (Å²) >= 11 is 5.93. The van der Waals surface area contributed by atoms with Gasteiger partial charge in [0.15, 0.2) is 0 Å². The maximum absolute atomic E-state index is 12.4. The van der Waals surface area contributed by atoms with Gasteiger partial charge in [-0.25, -0.2) is 0 Å². The van der Waals surface area contributed by atoms with Crippen LogP contribution in [0, 0.1) is 0 Å². The molecule has 5 heteroatoms. The topological polar surface area (TPSA) is 52.6 Å². The molecule has 0 heterocycles. The number of aliphatic hydroxyl groups is 1. The third kappa shape index (κ3) is 3.37. The molecule has 0 aromatic heterocycles. The first-order chi connectivity index (χ1) is 8.51. The van der Waals surface area contributed by atoms with Crippen molar-refractivity contribution in [2.24, 2.45) is 0 Å². The zero-order chi connectivity index (χ0) is 13.7. The van der Waals surface area contributed by atoms with Gasteiger partial charge in [0.05, 0.1) is 12.2 Å². The third-order valence-electron chi connectivity index (χ3n) is 2.71. The van der Waals surface area contributed by atoms with Crippen molar-refractivity contribution in [1.29, 1.82) is 0 Å². The summed E-state index contributed by atoms with van der Waals surface area (Å²) in [7, 11) is 1.76. The molecule has 2 N–H and O–H groups in total. The lowest BCUT2D eigenvalue weighted by Gasteiger charge is -2.27. The number of carbonyl (C=O) groups is 1. The lowest BCUT2D eigenvalue weighted by molar-refractivity contribution is 0.0666. The standard InChI is InChI=1S/C13H19ClN2O2/c1-9(2)16(6-7-17)13(18)11-8-10(14)4-5-12(11)15-3/h4-5,8-9,15,17H,6-7H2,1-3H3. The molecular weight excluding hydrogens is 252 g/mol. The third-order valence-corrected chi connectivity index (χ3v) is 2.94. The van der Waals surface area contributed by atoms with E-state index >= 15 is 0 Å². The second-order valence-corrected chi connectivity index (χ2v) is 4.69. The molecule has 0 unspecified atom stereocenters. The molecule has 0 bridgehead atoms. The molecule has 4 nitrogen and oxygen atoms in total. The van der Waals surface area contributed by atoms with Crippen LogP contribution in [0.5, 0.6) is 0 Å². The van der Waals surface area contributed by atoms with E-state index in [4.69, 9.17) is 16.7 Å². The first-order valence-electron chi connectivity index (χ1n) is 5.90. The van der Waals surface area contributed by atoms with Crippen molar-refractivity contribution in [1.82, 2.24) is 4.90 Å². The van der Waals surface area contributed by atoms with Crippen LogP contribution in [0.25, 0.3) is 0 Å². The highest BCUT2D eigenvalue weighted by molar-refractivity contribution is 6.31. The van der Waals surface area contributed by atoms with E-state index in [0.29, 0.717) is 17.1 Å². The highest BCUT2D eigenvalue weighted by Crippen LogP contribution is 2.22. The van der Waals surface area contributed by atoms with Crippen molar-refractivity contribution in [3.05, 3.63) is 28.8 Å². The Hall–Kier alpha value is -1.26. The SMILES string of the molecule is CNc1ccc(Cl)cc1C(=O)N(CCO)C(C)C. The van der Waals surface area contributed by atoms with Crippen LogP contribution in [-0.2, 0) is 0 Å². The summed E-state index contributed by atoms with van der Waals surface area (Å²) in [6.45, 7) is 4.08. The molecule has 0 saturated heterocycles. The van der Waals surface area contributed by atoms with Gasteiger partial charge in [0.2, 0.25) is 0 Å². The van der Waals surface area contributed by atoms with Gasteiger partial charge in [0.1, 0.15) is 0 Å². The van der Waals surface area contributed by atoms with E-state index in [1.807, 2.05) is 13.8 Å². The zero-order valence-electron chi connectivity index (χ0n) is 10.9. The van der Waals surface area contributed by atoms with Crippen LogP contribution in [0.1, 0.15) is 24.2 Å². The molecule has 1 aromatic carbocycles. The molecule has 1 aromatic rings. The van der Waals surface area contributed by atoms with Gasteiger partial charge in [0, 0.05) is 30.3 Å². The van der Waals surface area contributed by atoms with Gasteiger partial charge < -0.3 is 15.3 Å². The van der Waals surface area contributed by atoms with Crippen LogP contribution < -0.4 is 5.32 Å². The minimum absolute atomic E-state index is 0.0216. The van der Waals surface area contributed by atoms with E-state index in [2.05, 4.69) is 5.32 Å². The average molecular weight is 271 g/mol. The molecule has 0 saturated carbocycles. The Labute approximate surface area is 113 Å². The molecule has 0 aliphatic carbocycles. The summed E-state index contributed by atoms with van der Waals surface area (Å²) in [4.78, 5) is 14.0. The molecule has 18 heavy (non-hydrogen) atoms. The molecule has 1 amide bonds. The summed E-state index contributed by atoms with van der Waals surface area (Å²) < 4.78 is 0. The van der Waals surface area contributed by atoms with Crippen molar-refractivity contribution in [2.45, 2.75) is 19.9 Å². The number of anilines is 1. The number of aliphatic hydroxyl groups excluding tert-OH is 1. The van der Waals surface area contributed by atoms with Crippen molar-refractivity contribution < 1.29 is 9.90 Å². The van der Waals surface area contributed by atoms with E-state index in [0.717, 1.165) is 5.69 Å². The first-order valence-corrected chi connectivity index (χ1v) is 6.28. The molecule has 0 spiro atoms. The summed E-state index contributed by atoms with van der Waals surface area (Å²) in [5, 5.41) is 12.5. The number of hydrogen-bond donors (Lipinski definition) is 2. The number of hydrogen-bond acceptors (Lipinski definition) is 3. The highest BCUT2D eigenvalue weighted by Gasteiger charge is 2.20. The van der Waals surface area contributed by atoms with Crippen molar-refractivity contribution >= 4 is 23.2 Å². The molecular formula is C13H19ClN2O2. The Kier molecular flexibility index (Phi) is 5.44. The largest absolute Gasteiger partial charge is 0.395 e. The van der Waals surface area contributed by atoms with Crippen LogP contribution in [0.15, 0.2) is 18.2 Å². The van der Waals surface area contributed by atoms with E-state index in [9.17, 15) is 4.79 Å². The first kappa shape index (κ1) is 14.8. The Morgan fingerprint density at radius 2 is 2.17 bits per heavy atom. The highest BCUT2D eigenvalue weighted by atomic mass is 35.5. The number of halogens is 1. The maximum Gasteiger partial charge on any atom is 0.256 e. The van der Waals surface area contributed by atoms with E-state index < -0.39 is 0 Å². The van der Waals surface area contributed by atoms with E-state index in [1.54, 1.807) is 30.1 Å². The fourth-order valence-corrected chi connectivity index (χ4v) is 1.94. The Morgan fingerprint density at radius 3 is 2.67 bits per heavy atom. The lowest BCUT2D eigenvalue weighted by Crippen LogP contribution is -2.39. The van der Waals surface area contributed by atoms with Gasteiger partial charge in [-0.3, -0.25) is 4.79 Å². The van der Waals surface area contributed by atoms with Gasteiger partial charge in [-0.2, -0.15) is 0 Å². The number of nitrogens with zero attached hydrogens (tertiary/aromatic N) is 1. The molecule has 0 radical (unpaired) electrons. The number of nitrogens with one attached hydrogen (secondary N) is 1. The second-order valence-electron chi connectivity index (χ2n) is 4.26. The van der Waals surface area contributed by atoms with Crippen LogP contribution in [-0.4, -0.2) is 42.2 Å².